The SMILES string of the molecule is O=C(/C=C/c1ccccc1)NCCCCNc1cc(-c2ccccc2Cl)nc2c(Br)cnn12. The Hall–Kier alpha value is -3.16. The van der Waals surface area contributed by atoms with E-state index in [-0.39, 0.29) is 5.91 Å². The van der Waals surface area contributed by atoms with Gasteiger partial charge in [0.15, 0.2) is 5.65 Å². The van der Waals surface area contributed by atoms with Crippen molar-refractivity contribution >= 4 is 51.0 Å². The first-order chi connectivity index (χ1) is 16.1. The third-order valence-electron chi connectivity index (χ3n) is 5.01. The van der Waals surface area contributed by atoms with Crippen LogP contribution < -0.4 is 10.6 Å². The average Bonchev–Trinajstić information content (AvgIpc) is 3.21. The Balaban J connectivity index is 1.32. The number of hydrogen-bond acceptors (Lipinski definition) is 4. The van der Waals surface area contributed by atoms with E-state index >= 15 is 0 Å². The van der Waals surface area contributed by atoms with Crippen LogP contribution in [0.1, 0.15) is 18.4 Å². The fourth-order valence-electron chi connectivity index (χ4n) is 3.34. The third-order valence-corrected chi connectivity index (χ3v) is 5.90. The topological polar surface area (TPSA) is 71.3 Å². The maximum absolute atomic E-state index is 12.0. The van der Waals surface area contributed by atoms with E-state index in [1.165, 1.54) is 0 Å². The van der Waals surface area contributed by atoms with Crippen molar-refractivity contribution in [3.63, 3.8) is 0 Å². The van der Waals surface area contributed by atoms with Crippen LogP contribution in [0.2, 0.25) is 5.02 Å². The van der Waals surface area contributed by atoms with Gasteiger partial charge in [0.05, 0.1) is 16.4 Å². The van der Waals surface area contributed by atoms with Crippen LogP contribution in [-0.2, 0) is 4.79 Å². The van der Waals surface area contributed by atoms with Crippen LogP contribution in [0.25, 0.3) is 23.0 Å². The van der Waals surface area contributed by atoms with Crippen LogP contribution in [0.5, 0.6) is 0 Å². The fraction of sp³-hybridized carbons (Fsp3) is 0.160. The molecule has 0 saturated carbocycles. The average molecular weight is 525 g/mol. The highest BCUT2D eigenvalue weighted by molar-refractivity contribution is 9.10. The molecule has 1 amide bonds. The minimum absolute atomic E-state index is 0.0894. The molecule has 0 bridgehead atoms. The Labute approximate surface area is 205 Å². The number of unbranched alkanes of at least 4 members (excludes halogenated alkanes) is 1. The summed E-state index contributed by atoms with van der Waals surface area (Å²) >= 11 is 9.90. The molecule has 4 aromatic rings. The van der Waals surface area contributed by atoms with Crippen molar-refractivity contribution in [1.29, 1.82) is 0 Å². The molecule has 2 aromatic heterocycles. The molecule has 8 heteroatoms. The molecule has 0 unspecified atom stereocenters. The monoisotopic (exact) mass is 523 g/mol. The molecule has 0 fully saturated rings. The summed E-state index contributed by atoms with van der Waals surface area (Å²) in [7, 11) is 0. The molecule has 0 aliphatic carbocycles. The normalized spacial score (nSPS) is 11.2. The van der Waals surface area contributed by atoms with Gasteiger partial charge in [-0.2, -0.15) is 9.61 Å². The van der Waals surface area contributed by atoms with E-state index in [9.17, 15) is 4.79 Å². The van der Waals surface area contributed by atoms with E-state index < -0.39 is 0 Å². The lowest BCUT2D eigenvalue weighted by Gasteiger charge is -2.11. The van der Waals surface area contributed by atoms with E-state index in [4.69, 9.17) is 16.6 Å². The van der Waals surface area contributed by atoms with Crippen molar-refractivity contribution in [3.8, 4) is 11.3 Å². The van der Waals surface area contributed by atoms with Gasteiger partial charge in [-0.3, -0.25) is 4.79 Å². The zero-order valence-electron chi connectivity index (χ0n) is 17.8. The first-order valence-electron chi connectivity index (χ1n) is 10.7. The largest absolute Gasteiger partial charge is 0.370 e. The fourth-order valence-corrected chi connectivity index (χ4v) is 3.92. The van der Waals surface area contributed by atoms with Crippen molar-refractivity contribution in [2.75, 3.05) is 18.4 Å². The highest BCUT2D eigenvalue weighted by atomic mass is 79.9. The molecule has 0 atom stereocenters. The first-order valence-corrected chi connectivity index (χ1v) is 11.8. The van der Waals surface area contributed by atoms with Gasteiger partial charge in [0, 0.05) is 35.8 Å². The predicted octanol–water partition coefficient (Wildman–Crippen LogP) is 5.83. The van der Waals surface area contributed by atoms with Crippen LogP contribution >= 0.6 is 27.5 Å². The second-order valence-corrected chi connectivity index (χ2v) is 8.66. The highest BCUT2D eigenvalue weighted by Crippen LogP contribution is 2.30. The summed E-state index contributed by atoms with van der Waals surface area (Å²) in [5.41, 5.74) is 3.35. The maximum atomic E-state index is 12.0. The van der Waals surface area contributed by atoms with Crippen LogP contribution in [-0.4, -0.2) is 33.6 Å². The number of rotatable bonds is 9. The summed E-state index contributed by atoms with van der Waals surface area (Å²) in [5.74, 6) is 0.740. The second-order valence-electron chi connectivity index (χ2n) is 7.40. The molecule has 4 rings (SSSR count). The molecule has 6 nitrogen and oxygen atoms in total. The van der Waals surface area contributed by atoms with Gasteiger partial charge in [0.25, 0.3) is 0 Å². The molecule has 0 aliphatic heterocycles. The third kappa shape index (κ3) is 6.00. The number of amides is 1. The van der Waals surface area contributed by atoms with E-state index in [1.807, 2.05) is 66.7 Å². The first kappa shape index (κ1) is 23.0. The molecule has 0 radical (unpaired) electrons. The van der Waals surface area contributed by atoms with E-state index in [1.54, 1.807) is 16.8 Å². The number of nitrogens with one attached hydrogen (secondary N) is 2. The number of anilines is 1. The number of halogens is 2. The van der Waals surface area contributed by atoms with E-state index in [0.717, 1.165) is 46.5 Å². The van der Waals surface area contributed by atoms with Crippen LogP contribution in [0, 0.1) is 0 Å². The standard InChI is InChI=1S/C25H23BrClN5O/c26-20-17-30-32-23(16-22(31-25(20)32)19-10-4-5-11-21(19)27)28-14-6-7-15-29-24(33)13-12-18-8-2-1-3-9-18/h1-5,8-13,16-17,28H,6-7,14-15H2,(H,29,33)/b13-12+. The number of carbonyl (C=O) groups excluding carboxylic acids is 1. The van der Waals surface area contributed by atoms with Gasteiger partial charge in [-0.15, -0.1) is 0 Å². The Morgan fingerprint density at radius 2 is 1.82 bits per heavy atom. The molecular formula is C25H23BrClN5O. The minimum Gasteiger partial charge on any atom is -0.370 e. The van der Waals surface area contributed by atoms with Crippen molar-refractivity contribution in [2.24, 2.45) is 0 Å². The summed E-state index contributed by atoms with van der Waals surface area (Å²) in [6.07, 6.45) is 6.84. The zero-order chi connectivity index (χ0) is 23.0. The quantitative estimate of drug-likeness (QED) is 0.213. The Bertz CT molecular complexity index is 1270. The number of aromatic nitrogens is 3. The Morgan fingerprint density at radius 1 is 1.06 bits per heavy atom. The summed E-state index contributed by atoms with van der Waals surface area (Å²) < 4.78 is 2.58. The van der Waals surface area contributed by atoms with Gasteiger partial charge in [0.1, 0.15) is 5.82 Å². The molecule has 33 heavy (non-hydrogen) atoms. The molecule has 0 saturated heterocycles. The van der Waals surface area contributed by atoms with Crippen LogP contribution in [0.4, 0.5) is 5.82 Å². The summed E-state index contributed by atoms with van der Waals surface area (Å²) in [6.45, 7) is 1.35. The van der Waals surface area contributed by atoms with E-state index in [2.05, 4.69) is 31.7 Å². The lowest BCUT2D eigenvalue weighted by atomic mass is 10.1. The number of nitrogens with zero attached hydrogens (tertiary/aromatic N) is 3. The molecule has 2 N–H and O–H groups in total. The smallest absolute Gasteiger partial charge is 0.243 e. The van der Waals surface area contributed by atoms with Gasteiger partial charge in [-0.05, 0) is 46.5 Å². The molecule has 0 spiro atoms. The maximum Gasteiger partial charge on any atom is 0.243 e. The van der Waals surface area contributed by atoms with Crippen LogP contribution in [0.3, 0.4) is 0 Å². The number of benzene rings is 2. The van der Waals surface area contributed by atoms with E-state index in [0.29, 0.717) is 17.2 Å². The van der Waals surface area contributed by atoms with Crippen LogP contribution in [0.15, 0.2) is 77.4 Å². The Morgan fingerprint density at radius 3 is 2.64 bits per heavy atom. The van der Waals surface area contributed by atoms with Gasteiger partial charge < -0.3 is 10.6 Å². The van der Waals surface area contributed by atoms with Gasteiger partial charge in [0.2, 0.25) is 5.91 Å². The van der Waals surface area contributed by atoms with Gasteiger partial charge in [-0.25, -0.2) is 4.98 Å². The molecular weight excluding hydrogens is 502 g/mol. The molecule has 0 aliphatic rings. The van der Waals surface area contributed by atoms with Crippen molar-refractivity contribution in [3.05, 3.63) is 88.0 Å². The molecule has 2 aromatic carbocycles. The van der Waals surface area contributed by atoms with Crippen molar-refractivity contribution in [1.82, 2.24) is 19.9 Å². The van der Waals surface area contributed by atoms with Gasteiger partial charge >= 0.3 is 0 Å². The van der Waals surface area contributed by atoms with Crippen molar-refractivity contribution in [2.45, 2.75) is 12.8 Å². The summed E-state index contributed by atoms with van der Waals surface area (Å²) in [4.78, 5) is 16.7. The zero-order valence-corrected chi connectivity index (χ0v) is 20.2. The number of carbonyl (C=O) groups is 1. The second kappa shape index (κ2) is 11.1. The van der Waals surface area contributed by atoms with Crippen molar-refractivity contribution < 1.29 is 4.79 Å². The molecule has 168 valence electrons. The number of hydrogen-bond donors (Lipinski definition) is 2. The highest BCUT2D eigenvalue weighted by Gasteiger charge is 2.13. The van der Waals surface area contributed by atoms with Gasteiger partial charge in [-0.1, -0.05) is 60.1 Å². The number of fused-ring (bicyclic) bond motifs is 1. The lowest BCUT2D eigenvalue weighted by molar-refractivity contribution is -0.116. The lowest BCUT2D eigenvalue weighted by Crippen LogP contribution is -2.22. The molecule has 2 heterocycles. The summed E-state index contributed by atoms with van der Waals surface area (Å²) in [6, 6.07) is 19.3. The summed E-state index contributed by atoms with van der Waals surface area (Å²) in [5, 5.41) is 11.4. The Kier molecular flexibility index (Phi) is 7.75. The minimum atomic E-state index is -0.0894. The predicted molar refractivity (Wildman–Crippen MR) is 137 cm³/mol.